The smallest absolute Gasteiger partial charge is 0.0323 e. The summed E-state index contributed by atoms with van der Waals surface area (Å²) in [7, 11) is 0. The van der Waals surface area contributed by atoms with E-state index in [0.717, 1.165) is 0 Å². The molecule has 2 aromatic carbocycles. The van der Waals surface area contributed by atoms with Crippen LogP contribution in [0.4, 0.5) is 0 Å². The molecule has 1 saturated carbocycles. The lowest BCUT2D eigenvalue weighted by Crippen LogP contribution is -2.05. The highest BCUT2D eigenvalue weighted by Gasteiger charge is 2.61. The minimum absolute atomic E-state index is 0.239. The van der Waals surface area contributed by atoms with Crippen molar-refractivity contribution < 1.29 is 0 Å². The van der Waals surface area contributed by atoms with Crippen molar-refractivity contribution in [3.05, 3.63) is 71.8 Å². The normalized spacial score (nSPS) is 31.2. The molecule has 1 aliphatic rings. The molecule has 0 nitrogen and oxygen atoms in total. The first-order valence-electron chi connectivity index (χ1n) is 5.99. The van der Waals surface area contributed by atoms with Gasteiger partial charge in [0.1, 0.15) is 0 Å². The lowest BCUT2D eigenvalue weighted by Gasteiger charge is -2.11. The molecule has 0 heterocycles. The summed E-state index contributed by atoms with van der Waals surface area (Å²) in [6.45, 7) is 2.35. The molecule has 86 valence electrons. The Morgan fingerprint density at radius 1 is 0.882 bits per heavy atom. The third-order valence-corrected chi connectivity index (χ3v) is 5.44. The Balaban J connectivity index is 1.97. The van der Waals surface area contributed by atoms with Crippen molar-refractivity contribution in [3.63, 3.8) is 0 Å². The average molecular weight is 287 g/mol. The SMILES string of the molecule is CC1(c2ccccc2)C(Br)C1c1ccccc1. The van der Waals surface area contributed by atoms with Crippen LogP contribution >= 0.6 is 15.9 Å². The highest BCUT2D eigenvalue weighted by atomic mass is 79.9. The molecule has 0 saturated heterocycles. The molecule has 0 bridgehead atoms. The molecule has 1 fully saturated rings. The van der Waals surface area contributed by atoms with Crippen LogP contribution in [-0.2, 0) is 5.41 Å². The molecule has 1 aliphatic carbocycles. The van der Waals surface area contributed by atoms with Gasteiger partial charge in [0.15, 0.2) is 0 Å². The molecule has 17 heavy (non-hydrogen) atoms. The zero-order chi connectivity index (χ0) is 11.9. The van der Waals surface area contributed by atoms with Crippen LogP contribution in [0.2, 0.25) is 0 Å². The first kappa shape index (κ1) is 11.0. The number of benzene rings is 2. The van der Waals surface area contributed by atoms with Gasteiger partial charge in [0, 0.05) is 16.2 Å². The van der Waals surface area contributed by atoms with Crippen molar-refractivity contribution in [3.8, 4) is 0 Å². The second kappa shape index (κ2) is 3.99. The van der Waals surface area contributed by atoms with E-state index in [-0.39, 0.29) is 5.41 Å². The van der Waals surface area contributed by atoms with Crippen molar-refractivity contribution in [1.29, 1.82) is 0 Å². The summed E-state index contributed by atoms with van der Waals surface area (Å²) in [5, 5.41) is 0. The van der Waals surface area contributed by atoms with Gasteiger partial charge in [-0.15, -0.1) is 0 Å². The molecule has 3 unspecified atom stereocenters. The monoisotopic (exact) mass is 286 g/mol. The fraction of sp³-hybridized carbons (Fsp3) is 0.250. The molecule has 0 N–H and O–H groups in total. The van der Waals surface area contributed by atoms with Crippen LogP contribution in [-0.4, -0.2) is 4.83 Å². The summed E-state index contributed by atoms with van der Waals surface area (Å²) in [6, 6.07) is 21.6. The summed E-state index contributed by atoms with van der Waals surface area (Å²) >= 11 is 3.84. The summed E-state index contributed by atoms with van der Waals surface area (Å²) in [6.07, 6.45) is 0. The van der Waals surface area contributed by atoms with Gasteiger partial charge in [-0.1, -0.05) is 83.5 Å². The standard InChI is InChI=1S/C16H15Br/c1-16(13-10-6-3-7-11-13)14(15(16)17)12-8-4-2-5-9-12/h2-11,14-15H,1H3. The van der Waals surface area contributed by atoms with Crippen molar-refractivity contribution in [1.82, 2.24) is 0 Å². The summed E-state index contributed by atoms with van der Waals surface area (Å²) in [5.41, 5.74) is 3.10. The van der Waals surface area contributed by atoms with Crippen molar-refractivity contribution in [2.24, 2.45) is 0 Å². The van der Waals surface area contributed by atoms with Gasteiger partial charge in [-0.25, -0.2) is 0 Å². The van der Waals surface area contributed by atoms with Crippen LogP contribution in [0.15, 0.2) is 60.7 Å². The Labute approximate surface area is 111 Å². The minimum atomic E-state index is 0.239. The van der Waals surface area contributed by atoms with E-state index in [4.69, 9.17) is 0 Å². The highest BCUT2D eigenvalue weighted by molar-refractivity contribution is 9.09. The molecule has 2 aromatic rings. The molecule has 0 radical (unpaired) electrons. The van der Waals surface area contributed by atoms with Crippen molar-refractivity contribution in [2.75, 3.05) is 0 Å². The van der Waals surface area contributed by atoms with E-state index in [9.17, 15) is 0 Å². The van der Waals surface area contributed by atoms with Gasteiger partial charge < -0.3 is 0 Å². The van der Waals surface area contributed by atoms with Gasteiger partial charge in [-0.3, -0.25) is 0 Å². The molecule has 3 rings (SSSR count). The van der Waals surface area contributed by atoms with E-state index < -0.39 is 0 Å². The molecule has 0 spiro atoms. The van der Waals surface area contributed by atoms with E-state index >= 15 is 0 Å². The van der Waals surface area contributed by atoms with Crippen LogP contribution < -0.4 is 0 Å². The topological polar surface area (TPSA) is 0 Å². The second-order valence-electron chi connectivity index (χ2n) is 4.94. The van der Waals surface area contributed by atoms with E-state index in [1.165, 1.54) is 11.1 Å². The molecule has 3 atom stereocenters. The first-order chi connectivity index (χ1) is 8.24. The predicted octanol–water partition coefficient (Wildman–Crippen LogP) is 4.51. The van der Waals surface area contributed by atoms with Gasteiger partial charge in [-0.05, 0) is 11.1 Å². The predicted molar refractivity (Wildman–Crippen MR) is 75.7 cm³/mol. The van der Waals surface area contributed by atoms with Crippen LogP contribution in [0.5, 0.6) is 0 Å². The van der Waals surface area contributed by atoms with Crippen molar-refractivity contribution >= 4 is 15.9 Å². The maximum Gasteiger partial charge on any atom is 0.0323 e. The third-order valence-electron chi connectivity index (χ3n) is 3.96. The fourth-order valence-corrected chi connectivity index (χ4v) is 4.02. The molecule has 0 aromatic heterocycles. The zero-order valence-corrected chi connectivity index (χ0v) is 11.4. The second-order valence-corrected chi connectivity index (χ2v) is 5.93. The highest BCUT2D eigenvalue weighted by Crippen LogP contribution is 2.64. The average Bonchev–Trinajstić information content (AvgIpc) is 2.95. The van der Waals surface area contributed by atoms with Crippen LogP contribution in [0, 0.1) is 0 Å². The number of hydrogen-bond donors (Lipinski definition) is 0. The molecule has 0 amide bonds. The van der Waals surface area contributed by atoms with Crippen LogP contribution in [0.3, 0.4) is 0 Å². The quantitative estimate of drug-likeness (QED) is 0.713. The summed E-state index contributed by atoms with van der Waals surface area (Å²) in [4.78, 5) is 0.541. The molecule has 0 aliphatic heterocycles. The van der Waals surface area contributed by atoms with Gasteiger partial charge in [0.2, 0.25) is 0 Å². The minimum Gasteiger partial charge on any atom is -0.0874 e. The number of halogens is 1. The number of hydrogen-bond acceptors (Lipinski definition) is 0. The molecule has 1 heteroatoms. The Morgan fingerprint density at radius 2 is 1.41 bits per heavy atom. The first-order valence-corrected chi connectivity index (χ1v) is 6.90. The Hall–Kier alpha value is -1.08. The summed E-state index contributed by atoms with van der Waals surface area (Å²) in [5.74, 6) is 0.589. The summed E-state index contributed by atoms with van der Waals surface area (Å²) < 4.78 is 0. The lowest BCUT2D eigenvalue weighted by molar-refractivity contribution is 0.752. The molecular weight excluding hydrogens is 272 g/mol. The third kappa shape index (κ3) is 1.64. The van der Waals surface area contributed by atoms with Gasteiger partial charge in [-0.2, -0.15) is 0 Å². The largest absolute Gasteiger partial charge is 0.0874 e. The van der Waals surface area contributed by atoms with E-state index in [0.29, 0.717) is 10.7 Å². The van der Waals surface area contributed by atoms with E-state index in [1.807, 2.05) is 0 Å². The Morgan fingerprint density at radius 3 is 2.00 bits per heavy atom. The zero-order valence-electron chi connectivity index (χ0n) is 9.81. The van der Waals surface area contributed by atoms with Gasteiger partial charge >= 0.3 is 0 Å². The van der Waals surface area contributed by atoms with E-state index in [1.54, 1.807) is 0 Å². The maximum atomic E-state index is 3.84. The van der Waals surface area contributed by atoms with Gasteiger partial charge in [0.05, 0.1) is 0 Å². The van der Waals surface area contributed by atoms with Crippen LogP contribution in [0.1, 0.15) is 24.0 Å². The van der Waals surface area contributed by atoms with Gasteiger partial charge in [0.25, 0.3) is 0 Å². The fourth-order valence-electron chi connectivity index (χ4n) is 2.77. The molecular formula is C16H15Br. The van der Waals surface area contributed by atoms with Crippen LogP contribution in [0.25, 0.3) is 0 Å². The van der Waals surface area contributed by atoms with Crippen molar-refractivity contribution in [2.45, 2.75) is 23.1 Å². The number of rotatable bonds is 2. The lowest BCUT2D eigenvalue weighted by atomic mass is 9.93. The maximum absolute atomic E-state index is 3.84. The Kier molecular flexibility index (Phi) is 2.59. The number of alkyl halides is 1. The Bertz CT molecular complexity index is 506. The van der Waals surface area contributed by atoms with E-state index in [2.05, 4.69) is 83.5 Å².